The fourth-order valence-corrected chi connectivity index (χ4v) is 2.55. The van der Waals surface area contributed by atoms with E-state index in [-0.39, 0.29) is 12.0 Å². The minimum Gasteiger partial charge on any atom is -0.391 e. The summed E-state index contributed by atoms with van der Waals surface area (Å²) in [5.41, 5.74) is 0. The molecule has 3 heteroatoms. The molecule has 1 amide bonds. The van der Waals surface area contributed by atoms with Gasteiger partial charge in [0.1, 0.15) is 0 Å². The van der Waals surface area contributed by atoms with Gasteiger partial charge in [-0.15, -0.1) is 0 Å². The van der Waals surface area contributed by atoms with Crippen LogP contribution in [0.1, 0.15) is 38.5 Å². The van der Waals surface area contributed by atoms with Crippen LogP contribution in [0.4, 0.5) is 0 Å². The van der Waals surface area contributed by atoms with Gasteiger partial charge in [0, 0.05) is 19.0 Å². The first kappa shape index (κ1) is 9.97. The Morgan fingerprint density at radius 3 is 2.43 bits per heavy atom. The molecular formula is C11H19NO2. The van der Waals surface area contributed by atoms with Gasteiger partial charge in [-0.2, -0.15) is 0 Å². The molecule has 14 heavy (non-hydrogen) atoms. The maximum Gasteiger partial charge on any atom is 0.225 e. The maximum atomic E-state index is 12.0. The summed E-state index contributed by atoms with van der Waals surface area (Å²) in [7, 11) is 0. The Morgan fingerprint density at radius 2 is 1.86 bits per heavy atom. The van der Waals surface area contributed by atoms with Crippen molar-refractivity contribution in [3.05, 3.63) is 0 Å². The number of carbonyl (C=O) groups excluding carboxylic acids is 1. The molecule has 1 heterocycles. The van der Waals surface area contributed by atoms with Crippen molar-refractivity contribution in [1.29, 1.82) is 0 Å². The summed E-state index contributed by atoms with van der Waals surface area (Å²) in [5.74, 6) is 0.551. The Labute approximate surface area is 85.1 Å². The van der Waals surface area contributed by atoms with E-state index in [1.54, 1.807) is 0 Å². The molecule has 80 valence electrons. The van der Waals surface area contributed by atoms with Crippen LogP contribution in [-0.4, -0.2) is 35.1 Å². The summed E-state index contributed by atoms with van der Waals surface area (Å²) < 4.78 is 0. The van der Waals surface area contributed by atoms with E-state index in [0.717, 1.165) is 25.8 Å². The molecule has 0 aromatic carbocycles. The summed E-state index contributed by atoms with van der Waals surface area (Å²) in [6.45, 7) is 1.33. The zero-order valence-corrected chi connectivity index (χ0v) is 8.61. The van der Waals surface area contributed by atoms with Crippen LogP contribution in [-0.2, 0) is 4.79 Å². The van der Waals surface area contributed by atoms with Crippen LogP contribution in [0.2, 0.25) is 0 Å². The standard InChI is InChI=1S/C11H19NO2/c13-10-6-7-12(8-10)11(14)9-4-2-1-3-5-9/h9-10,13H,1-8H2/t10-/m0/s1. The molecule has 0 spiro atoms. The number of rotatable bonds is 1. The average Bonchev–Trinajstić information content (AvgIpc) is 2.65. The van der Waals surface area contributed by atoms with Gasteiger partial charge >= 0.3 is 0 Å². The molecule has 1 aliphatic carbocycles. The van der Waals surface area contributed by atoms with E-state index in [2.05, 4.69) is 0 Å². The third-order valence-electron chi connectivity index (χ3n) is 3.43. The highest BCUT2D eigenvalue weighted by Gasteiger charge is 2.30. The lowest BCUT2D eigenvalue weighted by atomic mass is 9.88. The molecule has 1 saturated heterocycles. The van der Waals surface area contributed by atoms with E-state index in [4.69, 9.17) is 0 Å². The first-order valence-corrected chi connectivity index (χ1v) is 5.74. The minimum absolute atomic E-state index is 0.258. The van der Waals surface area contributed by atoms with Crippen LogP contribution >= 0.6 is 0 Å². The third kappa shape index (κ3) is 2.08. The molecule has 0 radical (unpaired) electrons. The predicted octanol–water partition coefficient (Wildman–Crippen LogP) is 1.16. The summed E-state index contributed by atoms with van der Waals surface area (Å²) in [5, 5.41) is 9.35. The Morgan fingerprint density at radius 1 is 1.14 bits per heavy atom. The van der Waals surface area contributed by atoms with Gasteiger partial charge < -0.3 is 10.0 Å². The van der Waals surface area contributed by atoms with E-state index in [1.165, 1.54) is 19.3 Å². The first-order chi connectivity index (χ1) is 6.77. The third-order valence-corrected chi connectivity index (χ3v) is 3.43. The van der Waals surface area contributed by atoms with Gasteiger partial charge in [0.05, 0.1) is 6.10 Å². The quantitative estimate of drug-likeness (QED) is 0.685. The van der Waals surface area contributed by atoms with E-state index >= 15 is 0 Å². The molecular weight excluding hydrogens is 178 g/mol. The predicted molar refractivity (Wildman–Crippen MR) is 53.8 cm³/mol. The Balaban J connectivity index is 1.87. The van der Waals surface area contributed by atoms with Gasteiger partial charge in [0.25, 0.3) is 0 Å². The van der Waals surface area contributed by atoms with E-state index < -0.39 is 0 Å². The number of hydrogen-bond acceptors (Lipinski definition) is 2. The number of carbonyl (C=O) groups is 1. The van der Waals surface area contributed by atoms with Gasteiger partial charge in [0.15, 0.2) is 0 Å². The summed E-state index contributed by atoms with van der Waals surface area (Å²) in [6.07, 6.45) is 6.30. The molecule has 1 saturated carbocycles. The highest BCUT2D eigenvalue weighted by molar-refractivity contribution is 5.79. The van der Waals surface area contributed by atoms with Crippen molar-refractivity contribution in [3.8, 4) is 0 Å². The number of β-amino-alcohol motifs (C(OH)–C–C–N with tert-alkyl or cyclic N) is 1. The number of aliphatic hydroxyl groups excluding tert-OH is 1. The van der Waals surface area contributed by atoms with E-state index in [0.29, 0.717) is 12.5 Å². The van der Waals surface area contributed by atoms with Crippen LogP contribution < -0.4 is 0 Å². The zero-order valence-electron chi connectivity index (χ0n) is 8.61. The maximum absolute atomic E-state index is 12.0. The Hall–Kier alpha value is -0.570. The normalized spacial score (nSPS) is 29.5. The second-order valence-corrected chi connectivity index (χ2v) is 4.56. The number of likely N-dealkylation sites (tertiary alicyclic amines) is 1. The van der Waals surface area contributed by atoms with Crippen LogP contribution in [0.5, 0.6) is 0 Å². The molecule has 1 atom stereocenters. The number of hydrogen-bond donors (Lipinski definition) is 1. The Bertz CT molecular complexity index is 205. The monoisotopic (exact) mass is 197 g/mol. The average molecular weight is 197 g/mol. The van der Waals surface area contributed by atoms with Crippen molar-refractivity contribution in [2.75, 3.05) is 13.1 Å². The smallest absolute Gasteiger partial charge is 0.225 e. The van der Waals surface area contributed by atoms with Crippen molar-refractivity contribution in [2.24, 2.45) is 5.92 Å². The van der Waals surface area contributed by atoms with Crippen LogP contribution in [0.3, 0.4) is 0 Å². The van der Waals surface area contributed by atoms with Crippen molar-refractivity contribution in [3.63, 3.8) is 0 Å². The molecule has 0 bridgehead atoms. The molecule has 2 fully saturated rings. The molecule has 3 nitrogen and oxygen atoms in total. The molecule has 2 rings (SSSR count). The minimum atomic E-state index is -0.275. The molecule has 1 N–H and O–H groups in total. The second-order valence-electron chi connectivity index (χ2n) is 4.56. The van der Waals surface area contributed by atoms with E-state index in [1.807, 2.05) is 4.90 Å². The number of amides is 1. The lowest BCUT2D eigenvalue weighted by molar-refractivity contribution is -0.135. The topological polar surface area (TPSA) is 40.5 Å². The van der Waals surface area contributed by atoms with Crippen molar-refractivity contribution >= 4 is 5.91 Å². The molecule has 0 unspecified atom stereocenters. The lowest BCUT2D eigenvalue weighted by Gasteiger charge is -2.25. The van der Waals surface area contributed by atoms with Crippen LogP contribution in [0, 0.1) is 5.92 Å². The van der Waals surface area contributed by atoms with E-state index in [9.17, 15) is 9.90 Å². The van der Waals surface area contributed by atoms with Gasteiger partial charge in [0.2, 0.25) is 5.91 Å². The highest BCUT2D eigenvalue weighted by Crippen LogP contribution is 2.26. The van der Waals surface area contributed by atoms with Gasteiger partial charge in [-0.3, -0.25) is 4.79 Å². The summed E-state index contributed by atoms with van der Waals surface area (Å²) >= 11 is 0. The summed E-state index contributed by atoms with van der Waals surface area (Å²) in [6, 6.07) is 0. The number of aliphatic hydroxyl groups is 1. The Kier molecular flexibility index (Phi) is 3.06. The van der Waals surface area contributed by atoms with Crippen LogP contribution in [0.25, 0.3) is 0 Å². The second kappa shape index (κ2) is 4.30. The molecule has 1 aliphatic heterocycles. The van der Waals surface area contributed by atoms with Crippen molar-refractivity contribution < 1.29 is 9.90 Å². The zero-order chi connectivity index (χ0) is 9.97. The van der Waals surface area contributed by atoms with Crippen molar-refractivity contribution in [1.82, 2.24) is 4.90 Å². The fourth-order valence-electron chi connectivity index (χ4n) is 2.55. The molecule has 0 aromatic heterocycles. The number of nitrogens with zero attached hydrogens (tertiary/aromatic N) is 1. The molecule has 2 aliphatic rings. The summed E-state index contributed by atoms with van der Waals surface area (Å²) in [4.78, 5) is 13.8. The fraction of sp³-hybridized carbons (Fsp3) is 0.909. The SMILES string of the molecule is O=C(C1CCCCC1)N1CC[C@H](O)C1. The van der Waals surface area contributed by atoms with Crippen molar-refractivity contribution in [2.45, 2.75) is 44.6 Å². The lowest BCUT2D eigenvalue weighted by Crippen LogP contribution is -2.35. The van der Waals surface area contributed by atoms with Crippen LogP contribution in [0.15, 0.2) is 0 Å². The van der Waals surface area contributed by atoms with Gasteiger partial charge in [-0.05, 0) is 19.3 Å². The molecule has 0 aromatic rings. The largest absolute Gasteiger partial charge is 0.391 e. The van der Waals surface area contributed by atoms with Gasteiger partial charge in [-0.25, -0.2) is 0 Å². The van der Waals surface area contributed by atoms with Gasteiger partial charge in [-0.1, -0.05) is 19.3 Å². The highest BCUT2D eigenvalue weighted by atomic mass is 16.3. The first-order valence-electron chi connectivity index (χ1n) is 5.74.